The Morgan fingerprint density at radius 1 is 1.18 bits per heavy atom. The van der Waals surface area contributed by atoms with Crippen molar-refractivity contribution in [1.82, 2.24) is 0 Å². The summed E-state index contributed by atoms with van der Waals surface area (Å²) in [5.74, 6) is 1.50. The monoisotopic (exact) mass is 239 g/mol. The Morgan fingerprint density at radius 2 is 1.76 bits per heavy atom. The van der Waals surface area contributed by atoms with E-state index < -0.39 is 0 Å². The molecule has 4 heteroatoms. The van der Waals surface area contributed by atoms with Crippen molar-refractivity contribution >= 4 is 0 Å². The number of aliphatic hydroxyl groups is 1. The molecule has 0 bridgehead atoms. The first-order valence-electron chi connectivity index (χ1n) is 5.97. The van der Waals surface area contributed by atoms with Crippen LogP contribution in [0.25, 0.3) is 0 Å². The molecule has 4 nitrogen and oxygen atoms in total. The highest BCUT2D eigenvalue weighted by molar-refractivity contribution is 5.31. The topological polar surface area (TPSA) is 64.7 Å². The SMILES string of the molecule is CCOc1ccc(OC(CO)C(N)CC)cc1. The molecule has 96 valence electrons. The zero-order valence-electron chi connectivity index (χ0n) is 10.4. The van der Waals surface area contributed by atoms with Gasteiger partial charge in [-0.1, -0.05) is 6.92 Å². The molecule has 1 rings (SSSR count). The Bertz CT molecular complexity index is 313. The second-order valence-electron chi connectivity index (χ2n) is 3.82. The zero-order valence-corrected chi connectivity index (χ0v) is 10.4. The Labute approximate surface area is 102 Å². The molecular formula is C13H21NO3. The molecule has 3 N–H and O–H groups in total. The van der Waals surface area contributed by atoms with E-state index in [1.54, 1.807) is 0 Å². The maximum Gasteiger partial charge on any atom is 0.137 e. The number of hydrogen-bond acceptors (Lipinski definition) is 4. The van der Waals surface area contributed by atoms with Crippen LogP contribution in [0, 0.1) is 0 Å². The van der Waals surface area contributed by atoms with Crippen LogP contribution in [0.5, 0.6) is 11.5 Å². The Morgan fingerprint density at radius 3 is 2.24 bits per heavy atom. The lowest BCUT2D eigenvalue weighted by Crippen LogP contribution is -2.41. The van der Waals surface area contributed by atoms with E-state index in [1.807, 2.05) is 38.1 Å². The molecule has 17 heavy (non-hydrogen) atoms. The predicted molar refractivity (Wildman–Crippen MR) is 67.4 cm³/mol. The Kier molecular flexibility index (Phi) is 5.80. The molecular weight excluding hydrogens is 218 g/mol. The molecule has 0 fully saturated rings. The first kappa shape index (κ1) is 13.8. The first-order valence-corrected chi connectivity index (χ1v) is 5.97. The standard InChI is InChI=1S/C13H21NO3/c1-3-12(14)13(9-15)17-11-7-5-10(6-8-11)16-4-2/h5-8,12-13,15H,3-4,9,14H2,1-2H3. The van der Waals surface area contributed by atoms with Crippen molar-refractivity contribution < 1.29 is 14.6 Å². The van der Waals surface area contributed by atoms with Crippen LogP contribution in [0.15, 0.2) is 24.3 Å². The van der Waals surface area contributed by atoms with E-state index in [0.717, 1.165) is 12.2 Å². The first-order chi connectivity index (χ1) is 8.21. The van der Waals surface area contributed by atoms with Gasteiger partial charge in [0.25, 0.3) is 0 Å². The highest BCUT2D eigenvalue weighted by Crippen LogP contribution is 2.19. The summed E-state index contributed by atoms with van der Waals surface area (Å²) in [6.45, 7) is 4.46. The zero-order chi connectivity index (χ0) is 12.7. The largest absolute Gasteiger partial charge is 0.494 e. The minimum absolute atomic E-state index is 0.0811. The fourth-order valence-electron chi connectivity index (χ4n) is 1.48. The second kappa shape index (κ2) is 7.14. The van der Waals surface area contributed by atoms with E-state index in [2.05, 4.69) is 0 Å². The summed E-state index contributed by atoms with van der Waals surface area (Å²) >= 11 is 0. The number of aliphatic hydroxyl groups excluding tert-OH is 1. The Hall–Kier alpha value is -1.26. The van der Waals surface area contributed by atoms with Gasteiger partial charge < -0.3 is 20.3 Å². The molecule has 0 saturated carbocycles. The van der Waals surface area contributed by atoms with Crippen molar-refractivity contribution in [3.63, 3.8) is 0 Å². The molecule has 0 aliphatic rings. The van der Waals surface area contributed by atoms with Gasteiger partial charge in [-0.05, 0) is 37.6 Å². The summed E-state index contributed by atoms with van der Waals surface area (Å²) in [5.41, 5.74) is 5.84. The van der Waals surface area contributed by atoms with Crippen LogP contribution in [-0.4, -0.2) is 30.5 Å². The summed E-state index contributed by atoms with van der Waals surface area (Å²) in [4.78, 5) is 0. The van der Waals surface area contributed by atoms with Crippen molar-refractivity contribution in [2.45, 2.75) is 32.4 Å². The van der Waals surface area contributed by atoms with Gasteiger partial charge in [-0.3, -0.25) is 0 Å². The molecule has 0 saturated heterocycles. The fourth-order valence-corrected chi connectivity index (χ4v) is 1.48. The van der Waals surface area contributed by atoms with Gasteiger partial charge in [0.1, 0.15) is 17.6 Å². The Balaban J connectivity index is 2.60. The smallest absolute Gasteiger partial charge is 0.137 e. The second-order valence-corrected chi connectivity index (χ2v) is 3.82. The molecule has 0 aliphatic heterocycles. The van der Waals surface area contributed by atoms with Crippen LogP contribution in [0.4, 0.5) is 0 Å². The lowest BCUT2D eigenvalue weighted by atomic mass is 10.1. The molecule has 1 aromatic carbocycles. The van der Waals surface area contributed by atoms with Gasteiger partial charge in [-0.25, -0.2) is 0 Å². The van der Waals surface area contributed by atoms with Gasteiger partial charge in [0.05, 0.1) is 13.2 Å². The summed E-state index contributed by atoms with van der Waals surface area (Å²) in [6, 6.07) is 7.15. The predicted octanol–water partition coefficient (Wildman–Crippen LogP) is 1.56. The van der Waals surface area contributed by atoms with Gasteiger partial charge in [0, 0.05) is 6.04 Å². The van der Waals surface area contributed by atoms with Crippen LogP contribution >= 0.6 is 0 Å². The third-order valence-electron chi connectivity index (χ3n) is 2.55. The molecule has 0 aliphatic carbocycles. The number of nitrogens with two attached hydrogens (primary N) is 1. The van der Waals surface area contributed by atoms with E-state index in [9.17, 15) is 5.11 Å². The average molecular weight is 239 g/mol. The van der Waals surface area contributed by atoms with Crippen molar-refractivity contribution in [2.75, 3.05) is 13.2 Å². The number of hydrogen-bond donors (Lipinski definition) is 2. The maximum atomic E-state index is 9.20. The highest BCUT2D eigenvalue weighted by Gasteiger charge is 2.16. The van der Waals surface area contributed by atoms with Crippen LogP contribution in [0.2, 0.25) is 0 Å². The molecule has 0 heterocycles. The van der Waals surface area contributed by atoms with Crippen molar-refractivity contribution in [3.05, 3.63) is 24.3 Å². The van der Waals surface area contributed by atoms with E-state index in [0.29, 0.717) is 12.4 Å². The van der Waals surface area contributed by atoms with E-state index in [1.165, 1.54) is 0 Å². The minimum Gasteiger partial charge on any atom is -0.494 e. The van der Waals surface area contributed by atoms with Crippen molar-refractivity contribution in [2.24, 2.45) is 5.73 Å². The van der Waals surface area contributed by atoms with Gasteiger partial charge >= 0.3 is 0 Å². The normalized spacial score (nSPS) is 14.1. The van der Waals surface area contributed by atoms with Crippen LogP contribution in [0.3, 0.4) is 0 Å². The van der Waals surface area contributed by atoms with E-state index in [4.69, 9.17) is 15.2 Å². The summed E-state index contributed by atoms with van der Waals surface area (Å²) < 4.78 is 11.0. The molecule has 2 atom stereocenters. The number of rotatable bonds is 7. The number of benzene rings is 1. The lowest BCUT2D eigenvalue weighted by Gasteiger charge is -2.22. The lowest BCUT2D eigenvalue weighted by molar-refractivity contribution is 0.0932. The highest BCUT2D eigenvalue weighted by atomic mass is 16.5. The maximum absolute atomic E-state index is 9.20. The van der Waals surface area contributed by atoms with Gasteiger partial charge in [-0.15, -0.1) is 0 Å². The average Bonchev–Trinajstić information content (AvgIpc) is 2.37. The molecule has 0 amide bonds. The van der Waals surface area contributed by atoms with Crippen LogP contribution in [0.1, 0.15) is 20.3 Å². The summed E-state index contributed by atoms with van der Waals surface area (Å²) in [7, 11) is 0. The third-order valence-corrected chi connectivity index (χ3v) is 2.55. The van der Waals surface area contributed by atoms with Gasteiger partial charge in [0.15, 0.2) is 0 Å². The fraction of sp³-hybridized carbons (Fsp3) is 0.538. The molecule has 2 unspecified atom stereocenters. The quantitative estimate of drug-likeness (QED) is 0.758. The van der Waals surface area contributed by atoms with Gasteiger partial charge in [0.2, 0.25) is 0 Å². The van der Waals surface area contributed by atoms with Crippen LogP contribution < -0.4 is 15.2 Å². The van der Waals surface area contributed by atoms with Gasteiger partial charge in [-0.2, -0.15) is 0 Å². The van der Waals surface area contributed by atoms with E-state index in [-0.39, 0.29) is 18.8 Å². The number of ether oxygens (including phenoxy) is 2. The minimum atomic E-state index is -0.363. The third kappa shape index (κ3) is 4.24. The molecule has 0 spiro atoms. The molecule has 1 aromatic rings. The van der Waals surface area contributed by atoms with Crippen LogP contribution in [-0.2, 0) is 0 Å². The molecule has 0 radical (unpaired) electrons. The van der Waals surface area contributed by atoms with Crippen molar-refractivity contribution in [3.8, 4) is 11.5 Å². The van der Waals surface area contributed by atoms with Crippen molar-refractivity contribution in [1.29, 1.82) is 0 Å². The summed E-state index contributed by atoms with van der Waals surface area (Å²) in [6.07, 6.45) is 0.403. The van der Waals surface area contributed by atoms with E-state index >= 15 is 0 Å². The summed E-state index contributed by atoms with van der Waals surface area (Å²) in [5, 5.41) is 9.20. The molecule has 0 aromatic heterocycles.